The van der Waals surface area contributed by atoms with Gasteiger partial charge in [0.1, 0.15) is 11.6 Å². The summed E-state index contributed by atoms with van der Waals surface area (Å²) in [6.07, 6.45) is 2.08. The molecule has 0 saturated carbocycles. The summed E-state index contributed by atoms with van der Waals surface area (Å²) in [6, 6.07) is 17.0. The van der Waals surface area contributed by atoms with Gasteiger partial charge in [-0.1, -0.05) is 11.2 Å². The number of aromatic nitrogens is 3. The van der Waals surface area contributed by atoms with Crippen molar-refractivity contribution in [3.05, 3.63) is 89.6 Å². The number of hydrogen-bond donors (Lipinski definition) is 0. The lowest BCUT2D eigenvalue weighted by Gasteiger charge is -2.35. The Hall–Kier alpha value is -4.86. The third kappa shape index (κ3) is 4.67. The summed E-state index contributed by atoms with van der Waals surface area (Å²) in [5.74, 6) is -0.610. The number of piperidine rings is 1. The summed E-state index contributed by atoms with van der Waals surface area (Å²) in [5.41, 5.74) is 6.21. The topological polar surface area (TPSA) is 84.5 Å². The van der Waals surface area contributed by atoms with Crippen molar-refractivity contribution in [2.24, 2.45) is 0 Å². The summed E-state index contributed by atoms with van der Waals surface area (Å²) in [4.78, 5) is 33.9. The molecule has 3 aromatic carbocycles. The second-order valence-electron chi connectivity index (χ2n) is 11.2. The number of anilines is 2. The molecule has 2 saturated heterocycles. The predicted octanol–water partition coefficient (Wildman–Crippen LogP) is 6.61. The van der Waals surface area contributed by atoms with Crippen LogP contribution in [-0.4, -0.2) is 39.5 Å². The fourth-order valence-corrected chi connectivity index (χ4v) is 6.38. The third-order valence-electron chi connectivity index (χ3n) is 8.43. The number of benzene rings is 3. The average molecular weight is 582 g/mol. The van der Waals surface area contributed by atoms with E-state index in [0.29, 0.717) is 55.9 Å². The van der Waals surface area contributed by atoms with Gasteiger partial charge >= 0.3 is 0 Å². The zero-order valence-corrected chi connectivity index (χ0v) is 23.8. The molecule has 1 atom stereocenters. The van der Waals surface area contributed by atoms with Gasteiger partial charge in [0.2, 0.25) is 5.91 Å². The highest BCUT2D eigenvalue weighted by Gasteiger charge is 2.35. The van der Waals surface area contributed by atoms with Gasteiger partial charge < -0.3 is 14.3 Å². The van der Waals surface area contributed by atoms with Crippen molar-refractivity contribution in [2.75, 3.05) is 22.9 Å². The van der Waals surface area contributed by atoms with Crippen molar-refractivity contribution in [2.45, 2.75) is 45.6 Å². The van der Waals surface area contributed by atoms with E-state index in [9.17, 15) is 18.4 Å². The van der Waals surface area contributed by atoms with Crippen LogP contribution >= 0.6 is 0 Å². The van der Waals surface area contributed by atoms with Gasteiger partial charge in [0.15, 0.2) is 17.4 Å². The van der Waals surface area contributed by atoms with Crippen molar-refractivity contribution in [1.82, 2.24) is 14.7 Å². The normalized spacial score (nSPS) is 17.4. The molecule has 0 unspecified atom stereocenters. The second kappa shape index (κ2) is 10.4. The minimum Gasteiger partial charge on any atom is -0.364 e. The number of carbonyl (C=O) groups excluding carboxylic acids is 2. The van der Waals surface area contributed by atoms with Crippen molar-refractivity contribution < 1.29 is 22.9 Å². The van der Waals surface area contributed by atoms with Crippen LogP contribution in [-0.2, 0) is 9.59 Å². The van der Waals surface area contributed by atoms with Crippen LogP contribution in [0.2, 0.25) is 0 Å². The Labute approximate surface area is 246 Å². The number of nitrogens with zero attached hydrogens (tertiary/aromatic N) is 5. The van der Waals surface area contributed by atoms with Crippen molar-refractivity contribution >= 4 is 34.1 Å². The number of amides is 1. The Kier molecular flexibility index (Phi) is 6.56. The first kappa shape index (κ1) is 27.0. The summed E-state index contributed by atoms with van der Waals surface area (Å²) in [5, 5.41) is 4.10. The van der Waals surface area contributed by atoms with E-state index in [0.717, 1.165) is 45.8 Å². The third-order valence-corrected chi connectivity index (χ3v) is 8.43. The predicted molar refractivity (Wildman–Crippen MR) is 158 cm³/mol. The molecular formula is C33H29F2N5O3. The maximum Gasteiger partial charge on any atom is 0.227 e. The molecule has 2 aliphatic heterocycles. The highest BCUT2D eigenvalue weighted by molar-refractivity contribution is 5.95. The maximum absolute atomic E-state index is 14.4. The SMILES string of the molecule is Cc1noc(C)c1-c1ccc2c(c1)nc([C@@H]1CCCC(=O)N1c1ccc(F)c(F)c1)n2-c1ccc(N2CCC(=O)C2)cc1. The Morgan fingerprint density at radius 1 is 0.884 bits per heavy atom. The molecule has 43 heavy (non-hydrogen) atoms. The molecule has 0 bridgehead atoms. The van der Waals surface area contributed by atoms with E-state index < -0.39 is 17.7 Å². The lowest BCUT2D eigenvalue weighted by atomic mass is 9.99. The van der Waals surface area contributed by atoms with Gasteiger partial charge in [0.05, 0.1) is 29.3 Å². The number of halogens is 2. The first-order valence-electron chi connectivity index (χ1n) is 14.4. The summed E-state index contributed by atoms with van der Waals surface area (Å²) >= 11 is 0. The molecule has 0 radical (unpaired) electrons. The molecule has 2 aromatic heterocycles. The van der Waals surface area contributed by atoms with Gasteiger partial charge in [0.25, 0.3) is 0 Å². The lowest BCUT2D eigenvalue weighted by Crippen LogP contribution is -2.39. The van der Waals surface area contributed by atoms with Gasteiger partial charge in [-0.2, -0.15) is 0 Å². The molecule has 8 nitrogen and oxygen atoms in total. The second-order valence-corrected chi connectivity index (χ2v) is 11.2. The summed E-state index contributed by atoms with van der Waals surface area (Å²) < 4.78 is 35.7. The number of ketones is 1. The molecule has 4 heterocycles. The molecule has 0 N–H and O–H groups in total. The molecule has 0 spiro atoms. The van der Waals surface area contributed by atoms with E-state index in [1.807, 2.05) is 60.9 Å². The molecule has 5 aromatic rings. The van der Waals surface area contributed by atoms with E-state index >= 15 is 0 Å². The van der Waals surface area contributed by atoms with Gasteiger partial charge in [-0.25, -0.2) is 13.8 Å². The van der Waals surface area contributed by atoms with E-state index in [1.165, 1.54) is 6.07 Å². The standard InChI is InChI=1S/C33H29F2N5O3/c1-19-32(20(2)43-37-19)21-6-13-29-28(16-21)36-33(40(29)23-9-7-22(8-10-23)38-15-14-25(41)18-38)30-4-3-5-31(42)39(30)24-11-12-26(34)27(35)17-24/h6-13,16-17,30H,3-5,14-15,18H2,1-2H3/t30-/m0/s1. The van der Waals surface area contributed by atoms with Gasteiger partial charge in [-0.05, 0) is 80.8 Å². The average Bonchev–Trinajstić information content (AvgIpc) is 3.70. The zero-order valence-electron chi connectivity index (χ0n) is 23.8. The quantitative estimate of drug-likeness (QED) is 0.232. The number of imidazole rings is 1. The largest absolute Gasteiger partial charge is 0.364 e. The number of carbonyl (C=O) groups is 2. The Morgan fingerprint density at radius 2 is 1.65 bits per heavy atom. The lowest BCUT2D eigenvalue weighted by molar-refractivity contribution is -0.120. The van der Waals surface area contributed by atoms with Crippen molar-refractivity contribution in [3.8, 4) is 16.8 Å². The van der Waals surface area contributed by atoms with E-state index in [2.05, 4.69) is 10.1 Å². The van der Waals surface area contributed by atoms with Gasteiger partial charge in [-0.15, -0.1) is 0 Å². The fourth-order valence-electron chi connectivity index (χ4n) is 6.38. The van der Waals surface area contributed by atoms with Crippen LogP contribution in [0.3, 0.4) is 0 Å². The van der Waals surface area contributed by atoms with Crippen LogP contribution < -0.4 is 9.80 Å². The van der Waals surface area contributed by atoms with Gasteiger partial charge in [-0.3, -0.25) is 14.2 Å². The van der Waals surface area contributed by atoms with Crippen molar-refractivity contribution in [1.29, 1.82) is 0 Å². The molecule has 2 aliphatic rings. The van der Waals surface area contributed by atoms with Crippen LogP contribution in [0.15, 0.2) is 65.2 Å². The zero-order chi connectivity index (χ0) is 29.8. The van der Waals surface area contributed by atoms with Crippen LogP contribution in [0.1, 0.15) is 49.0 Å². The molecule has 10 heteroatoms. The van der Waals surface area contributed by atoms with E-state index in [-0.39, 0.29) is 17.4 Å². The smallest absolute Gasteiger partial charge is 0.227 e. The molecule has 0 aliphatic carbocycles. The van der Waals surface area contributed by atoms with Crippen molar-refractivity contribution in [3.63, 3.8) is 0 Å². The van der Waals surface area contributed by atoms with Crippen LogP contribution in [0, 0.1) is 25.5 Å². The van der Waals surface area contributed by atoms with Crippen LogP contribution in [0.5, 0.6) is 0 Å². The summed E-state index contributed by atoms with van der Waals surface area (Å²) in [6.45, 7) is 4.85. The van der Waals surface area contributed by atoms with E-state index in [4.69, 9.17) is 9.51 Å². The van der Waals surface area contributed by atoms with Gasteiger partial charge in [0, 0.05) is 48.1 Å². The minimum atomic E-state index is -1.01. The summed E-state index contributed by atoms with van der Waals surface area (Å²) in [7, 11) is 0. The Balaban J connectivity index is 1.39. The molecular weight excluding hydrogens is 552 g/mol. The molecule has 1 amide bonds. The maximum atomic E-state index is 14.4. The van der Waals surface area contributed by atoms with Crippen LogP contribution in [0.25, 0.3) is 27.8 Å². The molecule has 218 valence electrons. The number of rotatable bonds is 5. The number of Topliss-reactive ketones (excluding diaryl/α,β-unsaturated/α-hetero) is 1. The number of aryl methyl sites for hydroxylation is 2. The highest BCUT2D eigenvalue weighted by atomic mass is 19.2. The number of hydrogen-bond acceptors (Lipinski definition) is 6. The number of fused-ring (bicyclic) bond motifs is 1. The molecule has 2 fully saturated rings. The monoisotopic (exact) mass is 581 g/mol. The Morgan fingerprint density at radius 3 is 2.35 bits per heavy atom. The first-order chi connectivity index (χ1) is 20.8. The molecule has 7 rings (SSSR count). The first-order valence-corrected chi connectivity index (χ1v) is 14.4. The fraction of sp³-hybridized carbons (Fsp3) is 0.273. The Bertz CT molecular complexity index is 1880. The van der Waals surface area contributed by atoms with Crippen LogP contribution in [0.4, 0.5) is 20.2 Å². The minimum absolute atomic E-state index is 0.175. The van der Waals surface area contributed by atoms with E-state index in [1.54, 1.807) is 4.90 Å². The highest BCUT2D eigenvalue weighted by Crippen LogP contribution is 2.39.